The Morgan fingerprint density at radius 3 is 2.62 bits per heavy atom. The molecule has 32 heavy (non-hydrogen) atoms. The van der Waals surface area contributed by atoms with E-state index in [2.05, 4.69) is 39.9 Å². The van der Waals surface area contributed by atoms with Gasteiger partial charge in [0.2, 0.25) is 17.8 Å². The zero-order chi connectivity index (χ0) is 21.8. The zero-order valence-corrected chi connectivity index (χ0v) is 18.2. The third-order valence-corrected chi connectivity index (χ3v) is 6.00. The number of hydrogen-bond donors (Lipinski definition) is 2. The topological polar surface area (TPSA) is 124 Å². The number of nitrogens with one attached hydrogen (secondary N) is 1. The van der Waals surface area contributed by atoms with E-state index in [9.17, 15) is 0 Å². The summed E-state index contributed by atoms with van der Waals surface area (Å²) in [6.45, 7) is 2.53. The standard InChI is InChI=1S/C21H23N9OS/c22-18-24-17(25-19(26-18)23-15-7-2-1-3-8-15)14-32-21-28-27-20(29-10-4-5-11-29)30(21)13-16-9-6-12-31-16/h1-3,6-9,12H,4-5,10-11,13-14H2,(H3,22,23,24,25,26). The molecule has 0 atom stereocenters. The van der Waals surface area contributed by atoms with Crippen molar-refractivity contribution < 1.29 is 4.42 Å². The van der Waals surface area contributed by atoms with Crippen molar-refractivity contribution in [1.82, 2.24) is 29.7 Å². The second-order valence-electron chi connectivity index (χ2n) is 7.36. The molecule has 1 aliphatic heterocycles. The molecule has 0 radical (unpaired) electrons. The predicted molar refractivity (Wildman–Crippen MR) is 123 cm³/mol. The van der Waals surface area contributed by atoms with Crippen molar-refractivity contribution in [2.45, 2.75) is 30.3 Å². The molecule has 11 heteroatoms. The molecular weight excluding hydrogens is 426 g/mol. The van der Waals surface area contributed by atoms with Gasteiger partial charge in [0.15, 0.2) is 5.16 Å². The fraction of sp³-hybridized carbons (Fsp3) is 0.286. The molecule has 0 bridgehead atoms. The Morgan fingerprint density at radius 2 is 1.84 bits per heavy atom. The van der Waals surface area contributed by atoms with Gasteiger partial charge >= 0.3 is 0 Å². The minimum absolute atomic E-state index is 0.170. The van der Waals surface area contributed by atoms with E-state index in [4.69, 9.17) is 10.2 Å². The summed E-state index contributed by atoms with van der Waals surface area (Å²) in [6.07, 6.45) is 4.01. The van der Waals surface area contributed by atoms with Crippen LogP contribution in [0.2, 0.25) is 0 Å². The molecule has 4 aromatic rings. The van der Waals surface area contributed by atoms with Crippen LogP contribution in [0, 0.1) is 0 Å². The van der Waals surface area contributed by atoms with Crippen LogP contribution >= 0.6 is 11.8 Å². The summed E-state index contributed by atoms with van der Waals surface area (Å²) in [6, 6.07) is 13.5. The van der Waals surface area contributed by atoms with Crippen molar-refractivity contribution in [3.8, 4) is 0 Å². The molecule has 1 aliphatic rings. The quantitative estimate of drug-likeness (QED) is 0.387. The summed E-state index contributed by atoms with van der Waals surface area (Å²) in [5.74, 6) is 3.34. The van der Waals surface area contributed by atoms with Crippen LogP contribution in [0.25, 0.3) is 0 Å². The number of aromatic nitrogens is 6. The van der Waals surface area contributed by atoms with Crippen LogP contribution in [-0.4, -0.2) is 42.8 Å². The highest BCUT2D eigenvalue weighted by Crippen LogP contribution is 2.28. The fourth-order valence-corrected chi connectivity index (χ4v) is 4.36. The number of furan rings is 1. The van der Waals surface area contributed by atoms with E-state index < -0.39 is 0 Å². The molecule has 3 aromatic heterocycles. The summed E-state index contributed by atoms with van der Waals surface area (Å²) < 4.78 is 7.65. The van der Waals surface area contributed by atoms with E-state index in [-0.39, 0.29) is 5.95 Å². The van der Waals surface area contributed by atoms with Gasteiger partial charge in [0.05, 0.1) is 18.6 Å². The van der Waals surface area contributed by atoms with Crippen molar-refractivity contribution >= 4 is 35.3 Å². The average molecular weight is 450 g/mol. The van der Waals surface area contributed by atoms with Crippen molar-refractivity contribution in [3.05, 3.63) is 60.3 Å². The molecule has 1 saturated heterocycles. The molecule has 0 amide bonds. The number of anilines is 4. The highest BCUT2D eigenvalue weighted by molar-refractivity contribution is 7.98. The number of nitrogens with two attached hydrogens (primary N) is 1. The highest BCUT2D eigenvalue weighted by Gasteiger charge is 2.22. The maximum Gasteiger partial charge on any atom is 0.232 e. The van der Waals surface area contributed by atoms with Gasteiger partial charge in [-0.15, -0.1) is 10.2 Å². The van der Waals surface area contributed by atoms with Crippen molar-refractivity contribution in [3.63, 3.8) is 0 Å². The first-order chi connectivity index (χ1) is 15.7. The molecule has 164 valence electrons. The first kappa shape index (κ1) is 20.3. The number of para-hydroxylation sites is 1. The summed E-state index contributed by atoms with van der Waals surface area (Å²) in [5.41, 5.74) is 6.81. The van der Waals surface area contributed by atoms with Gasteiger partial charge in [-0.3, -0.25) is 4.57 Å². The normalized spacial score (nSPS) is 13.6. The molecule has 0 spiro atoms. The minimum atomic E-state index is 0.170. The van der Waals surface area contributed by atoms with E-state index in [0.717, 1.165) is 48.5 Å². The smallest absolute Gasteiger partial charge is 0.232 e. The predicted octanol–water partition coefficient (Wildman–Crippen LogP) is 3.32. The fourth-order valence-electron chi connectivity index (χ4n) is 3.57. The summed E-state index contributed by atoms with van der Waals surface area (Å²) in [7, 11) is 0. The number of hydrogen-bond acceptors (Lipinski definition) is 10. The van der Waals surface area contributed by atoms with Crippen molar-refractivity contribution in [1.29, 1.82) is 0 Å². The lowest BCUT2D eigenvalue weighted by Gasteiger charge is -2.17. The SMILES string of the molecule is Nc1nc(CSc2nnc(N3CCCC3)n2Cc2ccco2)nc(Nc2ccccc2)n1. The monoisotopic (exact) mass is 449 g/mol. The number of nitrogen functional groups attached to an aromatic ring is 1. The average Bonchev–Trinajstić information content (AvgIpc) is 3.56. The second kappa shape index (κ2) is 9.27. The van der Waals surface area contributed by atoms with Gasteiger partial charge in [0.1, 0.15) is 11.6 Å². The van der Waals surface area contributed by atoms with Crippen molar-refractivity contribution in [2.24, 2.45) is 0 Å². The molecule has 1 fully saturated rings. The lowest BCUT2D eigenvalue weighted by atomic mass is 10.3. The highest BCUT2D eigenvalue weighted by atomic mass is 32.2. The Bertz CT molecular complexity index is 1160. The van der Waals surface area contributed by atoms with Gasteiger partial charge in [0, 0.05) is 18.8 Å². The summed E-state index contributed by atoms with van der Waals surface area (Å²) in [4.78, 5) is 15.3. The van der Waals surface area contributed by atoms with Crippen LogP contribution in [-0.2, 0) is 12.3 Å². The van der Waals surface area contributed by atoms with Crippen LogP contribution in [0.3, 0.4) is 0 Å². The maximum atomic E-state index is 5.93. The molecule has 0 unspecified atom stereocenters. The van der Waals surface area contributed by atoms with E-state index in [0.29, 0.717) is 24.1 Å². The van der Waals surface area contributed by atoms with Crippen LogP contribution in [0.1, 0.15) is 24.4 Å². The van der Waals surface area contributed by atoms with Crippen molar-refractivity contribution in [2.75, 3.05) is 29.0 Å². The van der Waals surface area contributed by atoms with Crippen LogP contribution in [0.4, 0.5) is 23.5 Å². The molecule has 4 heterocycles. The Kier molecular flexibility index (Phi) is 5.88. The molecule has 5 rings (SSSR count). The van der Waals surface area contributed by atoms with Crippen LogP contribution in [0.5, 0.6) is 0 Å². The van der Waals surface area contributed by atoms with E-state index in [1.807, 2.05) is 42.5 Å². The first-order valence-electron chi connectivity index (χ1n) is 10.4. The summed E-state index contributed by atoms with van der Waals surface area (Å²) >= 11 is 1.51. The third-order valence-electron chi connectivity index (χ3n) is 5.04. The lowest BCUT2D eigenvalue weighted by molar-refractivity contribution is 0.483. The lowest BCUT2D eigenvalue weighted by Crippen LogP contribution is -2.22. The Morgan fingerprint density at radius 1 is 1.00 bits per heavy atom. The molecule has 0 aliphatic carbocycles. The number of benzene rings is 1. The summed E-state index contributed by atoms with van der Waals surface area (Å²) in [5, 5.41) is 12.9. The number of nitrogens with zero attached hydrogens (tertiary/aromatic N) is 7. The second-order valence-corrected chi connectivity index (χ2v) is 8.30. The van der Waals surface area contributed by atoms with E-state index >= 15 is 0 Å². The Hall–Kier alpha value is -3.60. The van der Waals surface area contributed by atoms with Gasteiger partial charge < -0.3 is 20.4 Å². The largest absolute Gasteiger partial charge is 0.467 e. The Labute approximate surface area is 189 Å². The van der Waals surface area contributed by atoms with E-state index in [1.54, 1.807) is 6.26 Å². The van der Waals surface area contributed by atoms with E-state index in [1.165, 1.54) is 11.8 Å². The van der Waals surface area contributed by atoms with Gasteiger partial charge in [-0.05, 0) is 37.1 Å². The third kappa shape index (κ3) is 4.67. The van der Waals surface area contributed by atoms with Gasteiger partial charge in [0.25, 0.3) is 0 Å². The van der Waals surface area contributed by atoms with Crippen LogP contribution in [0.15, 0.2) is 58.3 Å². The molecule has 10 nitrogen and oxygen atoms in total. The molecule has 3 N–H and O–H groups in total. The molecule has 0 saturated carbocycles. The van der Waals surface area contributed by atoms with Gasteiger partial charge in [-0.1, -0.05) is 30.0 Å². The van der Waals surface area contributed by atoms with Crippen LogP contribution < -0.4 is 16.0 Å². The van der Waals surface area contributed by atoms with Gasteiger partial charge in [-0.25, -0.2) is 0 Å². The number of rotatable bonds is 8. The number of thioether (sulfide) groups is 1. The minimum Gasteiger partial charge on any atom is -0.467 e. The molecule has 1 aromatic carbocycles. The first-order valence-corrected chi connectivity index (χ1v) is 11.4. The Balaban J connectivity index is 1.35. The van der Waals surface area contributed by atoms with Gasteiger partial charge in [-0.2, -0.15) is 15.0 Å². The maximum absolute atomic E-state index is 5.93. The zero-order valence-electron chi connectivity index (χ0n) is 17.4. The molecular formula is C21H23N9OS.